The summed E-state index contributed by atoms with van der Waals surface area (Å²) < 4.78 is 10.9. The highest BCUT2D eigenvalue weighted by Crippen LogP contribution is 2.61. The Bertz CT molecular complexity index is 765. The fourth-order valence-corrected chi connectivity index (χ4v) is 5.03. The molecule has 0 radical (unpaired) electrons. The summed E-state index contributed by atoms with van der Waals surface area (Å²) in [4.78, 5) is 1.78. The molecule has 148 valence electrons. The lowest BCUT2D eigenvalue weighted by Crippen LogP contribution is -2.54. The van der Waals surface area contributed by atoms with Gasteiger partial charge in [-0.05, 0) is 54.0 Å². The van der Waals surface area contributed by atoms with E-state index in [1.54, 1.807) is 10.9 Å². The summed E-state index contributed by atoms with van der Waals surface area (Å²) in [6.07, 6.45) is 8.60. The molecule has 0 aromatic heterocycles. The first kappa shape index (κ1) is 18.8. The van der Waals surface area contributed by atoms with Crippen LogP contribution in [0.15, 0.2) is 60.6 Å². The molecule has 0 saturated heterocycles. The quantitative estimate of drug-likeness (QED) is 0.730. The molecular formula is C22H28BNO4. The Balaban J connectivity index is 1.42. The van der Waals surface area contributed by atoms with Crippen molar-refractivity contribution in [1.82, 2.24) is 4.90 Å². The van der Waals surface area contributed by atoms with Crippen LogP contribution in [0, 0.1) is 23.2 Å². The van der Waals surface area contributed by atoms with Crippen molar-refractivity contribution in [2.45, 2.75) is 33.1 Å². The SMILES string of the molecule is CC1(C)C2C[C@H]1CCC2CN1C=C(O)OB(C=Cc2ccccc2)O/C(O)=C\1. The zero-order valence-electron chi connectivity index (χ0n) is 16.5. The molecule has 0 amide bonds. The lowest BCUT2D eigenvalue weighted by molar-refractivity contribution is -0.108. The molecule has 6 heteroatoms. The fourth-order valence-electron chi connectivity index (χ4n) is 5.03. The Hall–Kier alpha value is -2.50. The number of hydrogen-bond acceptors (Lipinski definition) is 5. The lowest BCUT2D eigenvalue weighted by atomic mass is 9.45. The van der Waals surface area contributed by atoms with E-state index in [1.165, 1.54) is 31.7 Å². The Labute approximate surface area is 167 Å². The summed E-state index contributed by atoms with van der Waals surface area (Å²) in [5.74, 6) is 3.25. The van der Waals surface area contributed by atoms with Gasteiger partial charge in [-0.25, -0.2) is 0 Å². The molecule has 2 unspecified atom stereocenters. The number of aliphatic hydroxyl groups is 2. The molecule has 5 nitrogen and oxygen atoms in total. The highest BCUT2D eigenvalue weighted by molar-refractivity contribution is 6.52. The third kappa shape index (κ3) is 3.86. The van der Waals surface area contributed by atoms with Crippen molar-refractivity contribution >= 4 is 13.2 Å². The van der Waals surface area contributed by atoms with Crippen LogP contribution in [-0.2, 0) is 9.31 Å². The highest BCUT2D eigenvalue weighted by Gasteiger charge is 2.54. The fraction of sp³-hybridized carbons (Fsp3) is 0.455. The van der Waals surface area contributed by atoms with Crippen LogP contribution in [0.1, 0.15) is 38.7 Å². The zero-order chi connectivity index (χ0) is 19.7. The van der Waals surface area contributed by atoms with E-state index in [9.17, 15) is 10.2 Å². The van der Waals surface area contributed by atoms with Gasteiger partial charge in [0.1, 0.15) is 0 Å². The minimum absolute atomic E-state index is 0.229. The van der Waals surface area contributed by atoms with Gasteiger partial charge in [0.2, 0.25) is 0 Å². The van der Waals surface area contributed by atoms with Gasteiger partial charge < -0.3 is 24.4 Å². The maximum absolute atomic E-state index is 10.2. The molecule has 0 spiro atoms. The molecule has 1 aliphatic heterocycles. The molecule has 28 heavy (non-hydrogen) atoms. The number of nitrogens with zero attached hydrogens (tertiary/aromatic N) is 1. The molecule has 2 bridgehead atoms. The predicted octanol–water partition coefficient (Wildman–Crippen LogP) is 4.86. The second kappa shape index (κ2) is 7.49. The molecule has 3 aliphatic carbocycles. The van der Waals surface area contributed by atoms with Crippen LogP contribution in [-0.4, -0.2) is 28.8 Å². The first-order valence-corrected chi connectivity index (χ1v) is 10.1. The largest absolute Gasteiger partial charge is 0.629 e. The van der Waals surface area contributed by atoms with Gasteiger partial charge in [0, 0.05) is 6.54 Å². The Morgan fingerprint density at radius 1 is 1.11 bits per heavy atom. The van der Waals surface area contributed by atoms with E-state index < -0.39 is 7.12 Å². The topological polar surface area (TPSA) is 62.2 Å². The minimum Gasteiger partial charge on any atom is -0.494 e. The lowest BCUT2D eigenvalue weighted by Gasteiger charge is -2.60. The van der Waals surface area contributed by atoms with E-state index in [1.807, 2.05) is 36.4 Å². The number of hydrogen-bond donors (Lipinski definition) is 2. The van der Waals surface area contributed by atoms with E-state index >= 15 is 0 Å². The van der Waals surface area contributed by atoms with E-state index in [2.05, 4.69) is 13.8 Å². The predicted molar refractivity (Wildman–Crippen MR) is 110 cm³/mol. The molecule has 3 fully saturated rings. The van der Waals surface area contributed by atoms with Gasteiger partial charge >= 0.3 is 7.12 Å². The first-order valence-electron chi connectivity index (χ1n) is 10.1. The maximum atomic E-state index is 10.2. The van der Waals surface area contributed by atoms with Crippen LogP contribution >= 0.6 is 0 Å². The van der Waals surface area contributed by atoms with Crippen LogP contribution < -0.4 is 0 Å². The molecule has 5 rings (SSSR count). The highest BCUT2D eigenvalue weighted by atomic mass is 16.7. The molecule has 1 heterocycles. The third-order valence-electron chi connectivity index (χ3n) is 6.72. The van der Waals surface area contributed by atoms with Crippen molar-refractivity contribution in [3.05, 3.63) is 66.2 Å². The first-order chi connectivity index (χ1) is 13.4. The Morgan fingerprint density at radius 2 is 1.79 bits per heavy atom. The summed E-state index contributed by atoms with van der Waals surface area (Å²) in [7, 11) is -0.907. The molecule has 4 aliphatic rings. The van der Waals surface area contributed by atoms with Gasteiger partial charge in [0.05, 0.1) is 12.4 Å². The van der Waals surface area contributed by atoms with Crippen molar-refractivity contribution < 1.29 is 19.5 Å². The molecule has 2 N–H and O–H groups in total. The summed E-state index contributed by atoms with van der Waals surface area (Å²) in [5.41, 5.74) is 1.37. The van der Waals surface area contributed by atoms with Gasteiger partial charge in [-0.3, -0.25) is 0 Å². The smallest absolute Gasteiger partial charge is 0.494 e. The maximum Gasteiger partial charge on any atom is 0.629 e. The van der Waals surface area contributed by atoms with Gasteiger partial charge in [-0.2, -0.15) is 0 Å². The summed E-state index contributed by atoms with van der Waals surface area (Å²) in [5, 5.41) is 20.4. The third-order valence-corrected chi connectivity index (χ3v) is 6.72. The van der Waals surface area contributed by atoms with Crippen molar-refractivity contribution in [3.63, 3.8) is 0 Å². The van der Waals surface area contributed by atoms with Crippen LogP contribution in [0.3, 0.4) is 0 Å². The molecule has 1 aromatic rings. The van der Waals surface area contributed by atoms with E-state index in [0.717, 1.165) is 18.0 Å². The van der Waals surface area contributed by atoms with Crippen LogP contribution in [0.4, 0.5) is 0 Å². The van der Waals surface area contributed by atoms with Gasteiger partial charge in [-0.15, -0.1) is 0 Å². The number of benzene rings is 1. The average molecular weight is 381 g/mol. The number of aliphatic hydroxyl groups excluding tert-OH is 2. The van der Waals surface area contributed by atoms with Crippen molar-refractivity contribution in [2.24, 2.45) is 23.2 Å². The van der Waals surface area contributed by atoms with Crippen molar-refractivity contribution in [3.8, 4) is 0 Å². The molecule has 3 saturated carbocycles. The van der Waals surface area contributed by atoms with E-state index in [0.29, 0.717) is 17.3 Å². The van der Waals surface area contributed by atoms with Gasteiger partial charge in [0.15, 0.2) is 0 Å². The molecule has 3 atom stereocenters. The van der Waals surface area contributed by atoms with Crippen molar-refractivity contribution in [2.75, 3.05) is 6.54 Å². The second-order valence-electron chi connectivity index (χ2n) is 8.70. The van der Waals surface area contributed by atoms with E-state index in [-0.39, 0.29) is 11.9 Å². The van der Waals surface area contributed by atoms with Crippen LogP contribution in [0.5, 0.6) is 0 Å². The minimum atomic E-state index is -0.907. The monoisotopic (exact) mass is 381 g/mol. The standard InChI is InChI=1S/C22H28BNO4/c1-22(2)18-9-8-17(19(22)12-18)13-24-14-20(25)27-23(28-21(26)15-24)11-10-16-6-4-3-5-7-16/h3-7,10-11,14-15,17-19,25-26H,8-9,12-13H2,1-2H3/b11-10?,20-14-,21-15?/t17?,18-,19?/m1/s1. The number of rotatable bonds is 4. The summed E-state index contributed by atoms with van der Waals surface area (Å²) in [6, 6.07) is 9.70. The normalized spacial score (nSPS) is 30.9. The van der Waals surface area contributed by atoms with Crippen molar-refractivity contribution in [1.29, 1.82) is 0 Å². The Kier molecular flexibility index (Phi) is 5.04. The number of fused-ring (bicyclic) bond motifs is 2. The van der Waals surface area contributed by atoms with Gasteiger partial charge in [0.25, 0.3) is 11.9 Å². The Morgan fingerprint density at radius 3 is 2.39 bits per heavy atom. The second-order valence-corrected chi connectivity index (χ2v) is 8.70. The van der Waals surface area contributed by atoms with E-state index in [4.69, 9.17) is 9.31 Å². The summed E-state index contributed by atoms with van der Waals surface area (Å²) in [6.45, 7) is 5.45. The summed E-state index contributed by atoms with van der Waals surface area (Å²) >= 11 is 0. The zero-order valence-corrected chi connectivity index (χ0v) is 16.5. The van der Waals surface area contributed by atoms with Gasteiger partial charge in [-0.1, -0.05) is 50.3 Å². The molecule has 1 aromatic carbocycles. The average Bonchev–Trinajstić information content (AvgIpc) is 2.65. The molecular weight excluding hydrogens is 353 g/mol. The van der Waals surface area contributed by atoms with Crippen LogP contribution in [0.2, 0.25) is 0 Å². The van der Waals surface area contributed by atoms with Crippen LogP contribution in [0.25, 0.3) is 6.08 Å².